The first-order valence-corrected chi connectivity index (χ1v) is 8.38. The van der Waals surface area contributed by atoms with E-state index in [0.717, 1.165) is 36.8 Å². The Balaban J connectivity index is 0.00000208. The van der Waals surface area contributed by atoms with Gasteiger partial charge in [-0.15, -0.1) is 12.4 Å². The monoisotopic (exact) mass is 364 g/mol. The van der Waals surface area contributed by atoms with E-state index in [1.807, 2.05) is 48.5 Å². The second kappa shape index (κ2) is 8.02. The van der Waals surface area contributed by atoms with Gasteiger partial charge in [0.25, 0.3) is 5.91 Å². The van der Waals surface area contributed by atoms with Crippen molar-refractivity contribution in [2.75, 3.05) is 0 Å². The molecule has 1 aliphatic rings. The number of amides is 1. The van der Waals surface area contributed by atoms with Gasteiger partial charge in [0.1, 0.15) is 0 Å². The predicted octanol–water partition coefficient (Wildman–Crippen LogP) is 4.42. The Morgan fingerprint density at radius 1 is 1.04 bits per heavy atom. The summed E-state index contributed by atoms with van der Waals surface area (Å²) in [6.07, 6.45) is 4.16. The number of rotatable bonds is 4. The van der Waals surface area contributed by atoms with E-state index in [1.165, 1.54) is 0 Å². The standard InChI is InChI=1S/C19H21ClN2O.ClH/c20-17-9-7-16(8-10-17)19(11-1-2-12-19)22-18(23)15-5-3-14(13-21)4-6-15;/h3-10H,1-2,11-13,21H2,(H,22,23);1H. The molecule has 3 N–H and O–H groups in total. The quantitative estimate of drug-likeness (QED) is 0.843. The summed E-state index contributed by atoms with van der Waals surface area (Å²) in [4.78, 5) is 12.7. The van der Waals surface area contributed by atoms with Crippen LogP contribution in [0.3, 0.4) is 0 Å². The van der Waals surface area contributed by atoms with Crippen molar-refractivity contribution < 1.29 is 4.79 Å². The molecule has 3 nitrogen and oxygen atoms in total. The molecule has 0 unspecified atom stereocenters. The van der Waals surface area contributed by atoms with Crippen LogP contribution in [0, 0.1) is 0 Å². The molecule has 1 amide bonds. The first-order valence-electron chi connectivity index (χ1n) is 8.00. The number of hydrogen-bond donors (Lipinski definition) is 2. The summed E-state index contributed by atoms with van der Waals surface area (Å²) in [5.74, 6) is -0.0366. The lowest BCUT2D eigenvalue weighted by Crippen LogP contribution is -2.43. The van der Waals surface area contributed by atoms with Gasteiger partial charge in [0.15, 0.2) is 0 Å². The molecular formula is C19H22Cl2N2O. The van der Waals surface area contributed by atoms with Crippen LogP contribution in [0.1, 0.15) is 47.2 Å². The number of benzene rings is 2. The van der Waals surface area contributed by atoms with Crippen LogP contribution in [0.2, 0.25) is 5.02 Å². The van der Waals surface area contributed by atoms with Gasteiger partial charge in [-0.25, -0.2) is 0 Å². The molecule has 0 aromatic heterocycles. The number of hydrogen-bond acceptors (Lipinski definition) is 2. The van der Waals surface area contributed by atoms with Crippen LogP contribution in [0.5, 0.6) is 0 Å². The Hall–Kier alpha value is -1.55. The van der Waals surface area contributed by atoms with Crippen LogP contribution >= 0.6 is 24.0 Å². The zero-order valence-electron chi connectivity index (χ0n) is 13.4. The molecule has 0 atom stereocenters. The Bertz CT molecular complexity index is 678. The highest BCUT2D eigenvalue weighted by Crippen LogP contribution is 2.39. The third kappa shape index (κ3) is 3.92. The topological polar surface area (TPSA) is 55.1 Å². The average molecular weight is 365 g/mol. The Morgan fingerprint density at radius 3 is 2.17 bits per heavy atom. The SMILES string of the molecule is Cl.NCc1ccc(C(=O)NC2(c3ccc(Cl)cc3)CCCC2)cc1. The van der Waals surface area contributed by atoms with E-state index in [4.69, 9.17) is 17.3 Å². The van der Waals surface area contributed by atoms with Crippen molar-refractivity contribution in [3.05, 3.63) is 70.2 Å². The van der Waals surface area contributed by atoms with Gasteiger partial charge < -0.3 is 11.1 Å². The Morgan fingerprint density at radius 2 is 1.62 bits per heavy atom. The third-order valence-corrected chi connectivity index (χ3v) is 4.91. The largest absolute Gasteiger partial charge is 0.343 e. The highest BCUT2D eigenvalue weighted by Gasteiger charge is 2.37. The Kier molecular flexibility index (Phi) is 6.27. The zero-order chi connectivity index (χ0) is 16.3. The minimum Gasteiger partial charge on any atom is -0.343 e. The van der Waals surface area contributed by atoms with Crippen molar-refractivity contribution in [1.82, 2.24) is 5.32 Å². The van der Waals surface area contributed by atoms with Crippen LogP contribution in [-0.2, 0) is 12.1 Å². The van der Waals surface area contributed by atoms with Gasteiger partial charge in [-0.05, 0) is 48.2 Å². The summed E-state index contributed by atoms with van der Waals surface area (Å²) in [7, 11) is 0. The van der Waals surface area contributed by atoms with Crippen LogP contribution in [0.25, 0.3) is 0 Å². The number of nitrogens with one attached hydrogen (secondary N) is 1. The number of carbonyl (C=O) groups excluding carboxylic acids is 1. The second-order valence-corrected chi connectivity index (χ2v) is 6.59. The van der Waals surface area contributed by atoms with E-state index in [2.05, 4.69) is 5.32 Å². The van der Waals surface area contributed by atoms with Crippen LogP contribution < -0.4 is 11.1 Å². The fourth-order valence-electron chi connectivity index (χ4n) is 3.32. The zero-order valence-corrected chi connectivity index (χ0v) is 15.0. The molecule has 0 aliphatic heterocycles. The Labute approximate surface area is 154 Å². The predicted molar refractivity (Wildman–Crippen MR) is 101 cm³/mol. The second-order valence-electron chi connectivity index (χ2n) is 6.15. The molecule has 5 heteroatoms. The maximum Gasteiger partial charge on any atom is 0.251 e. The summed E-state index contributed by atoms with van der Waals surface area (Å²) in [6, 6.07) is 15.3. The van der Waals surface area contributed by atoms with E-state index in [0.29, 0.717) is 17.1 Å². The van der Waals surface area contributed by atoms with E-state index in [9.17, 15) is 4.79 Å². The number of halogens is 2. The van der Waals surface area contributed by atoms with Crippen molar-refractivity contribution in [1.29, 1.82) is 0 Å². The molecule has 0 saturated heterocycles. The van der Waals surface area contributed by atoms with Gasteiger partial charge in [-0.2, -0.15) is 0 Å². The highest BCUT2D eigenvalue weighted by molar-refractivity contribution is 6.30. The molecule has 128 valence electrons. The van der Waals surface area contributed by atoms with E-state index in [1.54, 1.807) is 0 Å². The van der Waals surface area contributed by atoms with Gasteiger partial charge in [0.05, 0.1) is 5.54 Å². The minimum atomic E-state index is -0.284. The summed E-state index contributed by atoms with van der Waals surface area (Å²) >= 11 is 6.00. The van der Waals surface area contributed by atoms with Crippen LogP contribution in [-0.4, -0.2) is 5.91 Å². The van der Waals surface area contributed by atoms with Crippen molar-refractivity contribution in [3.63, 3.8) is 0 Å². The minimum absolute atomic E-state index is 0. The molecule has 0 radical (unpaired) electrons. The molecule has 1 fully saturated rings. The number of carbonyl (C=O) groups is 1. The van der Waals surface area contributed by atoms with Gasteiger partial charge in [-0.3, -0.25) is 4.79 Å². The fourth-order valence-corrected chi connectivity index (χ4v) is 3.44. The molecule has 1 aliphatic carbocycles. The van der Waals surface area contributed by atoms with E-state index in [-0.39, 0.29) is 23.9 Å². The van der Waals surface area contributed by atoms with Gasteiger partial charge in [0.2, 0.25) is 0 Å². The normalized spacial score (nSPS) is 15.6. The summed E-state index contributed by atoms with van der Waals surface area (Å²) in [5, 5.41) is 3.98. The molecule has 24 heavy (non-hydrogen) atoms. The first kappa shape index (κ1) is 18.8. The van der Waals surface area contributed by atoms with E-state index < -0.39 is 0 Å². The van der Waals surface area contributed by atoms with Gasteiger partial charge in [-0.1, -0.05) is 48.7 Å². The molecule has 0 spiro atoms. The highest BCUT2D eigenvalue weighted by atomic mass is 35.5. The average Bonchev–Trinajstić information content (AvgIpc) is 3.05. The summed E-state index contributed by atoms with van der Waals surface area (Å²) in [6.45, 7) is 0.483. The van der Waals surface area contributed by atoms with Gasteiger partial charge in [0, 0.05) is 17.1 Å². The first-order chi connectivity index (χ1) is 11.1. The molecule has 1 saturated carbocycles. The van der Waals surface area contributed by atoms with E-state index >= 15 is 0 Å². The van der Waals surface area contributed by atoms with Crippen molar-refractivity contribution in [2.24, 2.45) is 5.73 Å². The lowest BCUT2D eigenvalue weighted by atomic mass is 9.87. The maximum atomic E-state index is 12.7. The fraction of sp³-hybridized carbons (Fsp3) is 0.316. The molecular weight excluding hydrogens is 343 g/mol. The molecule has 0 heterocycles. The number of nitrogens with two attached hydrogens (primary N) is 1. The molecule has 0 bridgehead atoms. The van der Waals surface area contributed by atoms with Gasteiger partial charge >= 0.3 is 0 Å². The third-order valence-electron chi connectivity index (χ3n) is 4.66. The molecule has 2 aromatic carbocycles. The summed E-state index contributed by atoms with van der Waals surface area (Å²) in [5.41, 5.74) is 8.15. The maximum absolute atomic E-state index is 12.7. The smallest absolute Gasteiger partial charge is 0.251 e. The van der Waals surface area contributed by atoms with Crippen LogP contribution in [0.4, 0.5) is 0 Å². The molecule has 3 rings (SSSR count). The lowest BCUT2D eigenvalue weighted by molar-refractivity contribution is 0.0898. The van der Waals surface area contributed by atoms with Crippen molar-refractivity contribution in [3.8, 4) is 0 Å². The van der Waals surface area contributed by atoms with Crippen molar-refractivity contribution in [2.45, 2.75) is 37.8 Å². The van der Waals surface area contributed by atoms with Crippen molar-refractivity contribution >= 4 is 29.9 Å². The molecule has 2 aromatic rings. The van der Waals surface area contributed by atoms with Crippen LogP contribution in [0.15, 0.2) is 48.5 Å². The lowest BCUT2D eigenvalue weighted by Gasteiger charge is -2.31. The summed E-state index contributed by atoms with van der Waals surface area (Å²) < 4.78 is 0.